The van der Waals surface area contributed by atoms with Gasteiger partial charge in [0.1, 0.15) is 5.75 Å². The number of Topliss-reactive ketones (excluding diaryl/α,β-unsaturated/α-hetero) is 1. The highest BCUT2D eigenvalue weighted by Crippen LogP contribution is 2.31. The number of ether oxygens (including phenoxy) is 1. The highest BCUT2D eigenvalue weighted by atomic mass is 35.5. The standard InChI is InChI=1S/C24H18Cl3N3O2S/c1-2-32-19-9-7-18(8-10-19)30-23(16-4-3-5-17(25)12-16)28-29-24(30)33-14-22(31)15-6-11-20(26)21(27)13-15/h3-13H,2,14H2,1H3. The molecular weight excluding hydrogens is 501 g/mol. The molecule has 9 heteroatoms. The molecular formula is C24H18Cl3N3O2S. The van der Waals surface area contributed by atoms with Gasteiger partial charge in [0.2, 0.25) is 0 Å². The van der Waals surface area contributed by atoms with E-state index >= 15 is 0 Å². The van der Waals surface area contributed by atoms with Gasteiger partial charge in [0.15, 0.2) is 16.8 Å². The minimum Gasteiger partial charge on any atom is -0.494 e. The second-order valence-electron chi connectivity index (χ2n) is 6.92. The van der Waals surface area contributed by atoms with E-state index in [9.17, 15) is 4.79 Å². The SMILES string of the molecule is CCOc1ccc(-n2c(SCC(=O)c3ccc(Cl)c(Cl)c3)nnc2-c2cccc(Cl)c2)cc1. The summed E-state index contributed by atoms with van der Waals surface area (Å²) in [5.74, 6) is 1.45. The summed E-state index contributed by atoms with van der Waals surface area (Å²) in [7, 11) is 0. The van der Waals surface area contributed by atoms with Crippen molar-refractivity contribution >= 4 is 52.3 Å². The van der Waals surface area contributed by atoms with E-state index in [2.05, 4.69) is 10.2 Å². The highest BCUT2D eigenvalue weighted by molar-refractivity contribution is 7.99. The first kappa shape index (κ1) is 23.6. The minimum atomic E-state index is -0.0934. The number of hydrogen-bond acceptors (Lipinski definition) is 5. The quantitative estimate of drug-likeness (QED) is 0.181. The number of rotatable bonds is 8. The number of benzene rings is 3. The topological polar surface area (TPSA) is 57.0 Å². The highest BCUT2D eigenvalue weighted by Gasteiger charge is 2.18. The van der Waals surface area contributed by atoms with Crippen LogP contribution in [0.3, 0.4) is 0 Å². The van der Waals surface area contributed by atoms with E-state index in [0.717, 1.165) is 17.0 Å². The van der Waals surface area contributed by atoms with Crippen molar-refractivity contribution in [3.8, 4) is 22.8 Å². The number of carbonyl (C=O) groups is 1. The Morgan fingerprint density at radius 3 is 2.45 bits per heavy atom. The normalized spacial score (nSPS) is 10.9. The number of ketones is 1. The summed E-state index contributed by atoms with van der Waals surface area (Å²) in [5.41, 5.74) is 2.13. The van der Waals surface area contributed by atoms with Gasteiger partial charge in [0.25, 0.3) is 0 Å². The second kappa shape index (κ2) is 10.6. The molecule has 0 saturated carbocycles. The summed E-state index contributed by atoms with van der Waals surface area (Å²) in [6.45, 7) is 2.52. The molecule has 0 saturated heterocycles. The van der Waals surface area contributed by atoms with Gasteiger partial charge < -0.3 is 4.74 Å². The first-order chi connectivity index (χ1) is 16.0. The minimum absolute atomic E-state index is 0.0934. The zero-order valence-corrected chi connectivity index (χ0v) is 20.5. The molecule has 0 aliphatic carbocycles. The van der Waals surface area contributed by atoms with Crippen LogP contribution < -0.4 is 4.74 Å². The van der Waals surface area contributed by atoms with Crippen molar-refractivity contribution in [3.63, 3.8) is 0 Å². The molecule has 3 aromatic carbocycles. The van der Waals surface area contributed by atoms with Gasteiger partial charge in [-0.15, -0.1) is 10.2 Å². The first-order valence-corrected chi connectivity index (χ1v) is 12.1. The van der Waals surface area contributed by atoms with Crippen molar-refractivity contribution < 1.29 is 9.53 Å². The maximum absolute atomic E-state index is 12.8. The Hall–Kier alpha value is -2.51. The Balaban J connectivity index is 1.67. The Kier molecular flexibility index (Phi) is 7.60. The van der Waals surface area contributed by atoms with Gasteiger partial charge in [-0.1, -0.05) is 58.7 Å². The lowest BCUT2D eigenvalue weighted by Crippen LogP contribution is -2.05. The first-order valence-electron chi connectivity index (χ1n) is 10.0. The van der Waals surface area contributed by atoms with E-state index < -0.39 is 0 Å². The third-order valence-electron chi connectivity index (χ3n) is 4.70. The van der Waals surface area contributed by atoms with E-state index in [1.54, 1.807) is 24.3 Å². The van der Waals surface area contributed by atoms with Crippen LogP contribution in [-0.4, -0.2) is 32.9 Å². The van der Waals surface area contributed by atoms with Crippen molar-refractivity contribution in [1.82, 2.24) is 14.8 Å². The molecule has 1 aromatic heterocycles. The van der Waals surface area contributed by atoms with E-state index in [-0.39, 0.29) is 11.5 Å². The van der Waals surface area contributed by atoms with Crippen LogP contribution in [0.4, 0.5) is 0 Å². The lowest BCUT2D eigenvalue weighted by Gasteiger charge is -2.12. The van der Waals surface area contributed by atoms with Gasteiger partial charge in [0.05, 0.1) is 22.4 Å². The molecule has 0 unspecified atom stereocenters. The van der Waals surface area contributed by atoms with Crippen LogP contribution in [0.1, 0.15) is 17.3 Å². The predicted molar refractivity (Wildman–Crippen MR) is 134 cm³/mol. The lowest BCUT2D eigenvalue weighted by molar-refractivity contribution is 0.102. The molecule has 5 nitrogen and oxygen atoms in total. The Morgan fingerprint density at radius 1 is 0.970 bits per heavy atom. The van der Waals surface area contributed by atoms with Crippen molar-refractivity contribution in [2.75, 3.05) is 12.4 Å². The predicted octanol–water partition coefficient (Wildman–Crippen LogP) is 7.27. The molecule has 4 aromatic rings. The number of thioether (sulfide) groups is 1. The van der Waals surface area contributed by atoms with Crippen LogP contribution >= 0.6 is 46.6 Å². The largest absolute Gasteiger partial charge is 0.494 e. The van der Waals surface area contributed by atoms with Crippen LogP contribution in [0.5, 0.6) is 5.75 Å². The summed E-state index contributed by atoms with van der Waals surface area (Å²) in [5, 5.41) is 10.7. The summed E-state index contributed by atoms with van der Waals surface area (Å²) in [6.07, 6.45) is 0. The fraction of sp³-hybridized carbons (Fsp3) is 0.125. The average molecular weight is 519 g/mol. The van der Waals surface area contributed by atoms with E-state index in [4.69, 9.17) is 39.5 Å². The summed E-state index contributed by atoms with van der Waals surface area (Å²) in [6, 6.07) is 19.9. The van der Waals surface area contributed by atoms with Crippen LogP contribution in [-0.2, 0) is 0 Å². The van der Waals surface area contributed by atoms with Crippen molar-refractivity contribution in [2.24, 2.45) is 0 Å². The molecule has 0 amide bonds. The van der Waals surface area contributed by atoms with Gasteiger partial charge in [0, 0.05) is 21.8 Å². The number of aromatic nitrogens is 3. The molecule has 0 N–H and O–H groups in total. The molecule has 0 spiro atoms. The fourth-order valence-electron chi connectivity index (χ4n) is 3.15. The third kappa shape index (κ3) is 5.53. The third-order valence-corrected chi connectivity index (χ3v) is 6.60. The van der Waals surface area contributed by atoms with Crippen LogP contribution in [0.15, 0.2) is 71.9 Å². The van der Waals surface area contributed by atoms with Crippen LogP contribution in [0.25, 0.3) is 17.1 Å². The fourth-order valence-corrected chi connectivity index (χ4v) is 4.49. The molecule has 0 aliphatic rings. The van der Waals surface area contributed by atoms with E-state index in [1.165, 1.54) is 11.8 Å². The molecule has 0 bridgehead atoms. The van der Waals surface area contributed by atoms with Crippen molar-refractivity contribution in [3.05, 3.63) is 87.4 Å². The number of nitrogens with zero attached hydrogens (tertiary/aromatic N) is 3. The van der Waals surface area contributed by atoms with Gasteiger partial charge >= 0.3 is 0 Å². The molecule has 1 heterocycles. The van der Waals surface area contributed by atoms with Gasteiger partial charge in [-0.25, -0.2) is 0 Å². The van der Waals surface area contributed by atoms with Gasteiger partial charge in [-0.2, -0.15) is 0 Å². The second-order valence-corrected chi connectivity index (χ2v) is 9.11. The number of carbonyl (C=O) groups excluding carboxylic acids is 1. The maximum Gasteiger partial charge on any atom is 0.196 e. The number of halogens is 3. The van der Waals surface area contributed by atoms with Crippen molar-refractivity contribution in [2.45, 2.75) is 12.1 Å². The van der Waals surface area contributed by atoms with Crippen LogP contribution in [0, 0.1) is 0 Å². The van der Waals surface area contributed by atoms with Gasteiger partial charge in [-0.3, -0.25) is 9.36 Å². The average Bonchev–Trinajstić information content (AvgIpc) is 3.24. The molecule has 33 heavy (non-hydrogen) atoms. The monoisotopic (exact) mass is 517 g/mol. The Labute approximate surface area is 210 Å². The molecule has 0 atom stereocenters. The molecule has 4 rings (SSSR count). The van der Waals surface area contributed by atoms with E-state index in [0.29, 0.717) is 38.2 Å². The molecule has 168 valence electrons. The Bertz CT molecular complexity index is 1290. The van der Waals surface area contributed by atoms with Gasteiger partial charge in [-0.05, 0) is 61.5 Å². The Morgan fingerprint density at radius 2 is 1.76 bits per heavy atom. The summed E-state index contributed by atoms with van der Waals surface area (Å²) < 4.78 is 7.45. The smallest absolute Gasteiger partial charge is 0.196 e. The van der Waals surface area contributed by atoms with Crippen LogP contribution in [0.2, 0.25) is 15.1 Å². The molecule has 0 fully saturated rings. The molecule has 0 aliphatic heterocycles. The lowest BCUT2D eigenvalue weighted by atomic mass is 10.1. The zero-order chi connectivity index (χ0) is 23.4. The van der Waals surface area contributed by atoms with E-state index in [1.807, 2.05) is 54.0 Å². The molecule has 0 radical (unpaired) electrons. The summed E-state index contributed by atoms with van der Waals surface area (Å²) >= 11 is 19.5. The number of hydrogen-bond donors (Lipinski definition) is 0. The summed E-state index contributed by atoms with van der Waals surface area (Å²) in [4.78, 5) is 12.8. The zero-order valence-electron chi connectivity index (χ0n) is 17.5. The maximum atomic E-state index is 12.8. The van der Waals surface area contributed by atoms with Crippen molar-refractivity contribution in [1.29, 1.82) is 0 Å².